The Morgan fingerprint density at radius 1 is 1.46 bits per heavy atom. The van der Waals surface area contributed by atoms with Crippen molar-refractivity contribution in [3.63, 3.8) is 0 Å². The first-order valence-electron chi connectivity index (χ1n) is 4.01. The Morgan fingerprint density at radius 2 is 2.00 bits per heavy atom. The summed E-state index contributed by atoms with van der Waals surface area (Å²) in [5.41, 5.74) is 0. The van der Waals surface area contributed by atoms with E-state index in [2.05, 4.69) is 5.32 Å². The number of ketones is 1. The standard InChI is InChI=1S/C8H15NO3S/c1-6(10)8(9-7(2)11)4-5-13(3)12/h8H,4-5H2,1-3H3,(H,9,11). The first kappa shape index (κ1) is 12.4. The van der Waals surface area contributed by atoms with Gasteiger partial charge in [0.15, 0.2) is 5.78 Å². The molecule has 0 saturated carbocycles. The van der Waals surface area contributed by atoms with Gasteiger partial charge in [-0.3, -0.25) is 9.59 Å². The highest BCUT2D eigenvalue weighted by Gasteiger charge is 2.16. The lowest BCUT2D eigenvalue weighted by Crippen LogP contribution is -2.39. The van der Waals surface area contributed by atoms with Crippen molar-refractivity contribution in [1.82, 2.24) is 5.32 Å². The lowest BCUT2D eigenvalue weighted by molar-refractivity contribution is -0.125. The number of carbonyl (C=O) groups excluding carboxylic acids is 2. The maximum absolute atomic E-state index is 11.0. The highest BCUT2D eigenvalue weighted by molar-refractivity contribution is 7.90. The maximum atomic E-state index is 11.0. The van der Waals surface area contributed by atoms with Crippen LogP contribution in [-0.2, 0) is 20.8 Å². The van der Waals surface area contributed by atoms with Gasteiger partial charge in [-0.2, -0.15) is 0 Å². The molecule has 0 heterocycles. The van der Waals surface area contributed by atoms with E-state index in [0.717, 1.165) is 0 Å². The molecule has 0 saturated heterocycles. The van der Waals surface area contributed by atoms with E-state index in [0.29, 0.717) is 12.2 Å². The van der Waals surface area contributed by atoms with Gasteiger partial charge in [0.2, 0.25) is 5.91 Å². The second-order valence-electron chi connectivity index (χ2n) is 2.93. The van der Waals surface area contributed by atoms with Crippen LogP contribution in [0.4, 0.5) is 0 Å². The summed E-state index contributed by atoms with van der Waals surface area (Å²) < 4.78 is 10.7. The fourth-order valence-electron chi connectivity index (χ4n) is 0.906. The Morgan fingerprint density at radius 3 is 2.31 bits per heavy atom. The van der Waals surface area contributed by atoms with Gasteiger partial charge in [-0.1, -0.05) is 11.2 Å². The third-order valence-electron chi connectivity index (χ3n) is 1.56. The van der Waals surface area contributed by atoms with Crippen LogP contribution in [0.2, 0.25) is 0 Å². The van der Waals surface area contributed by atoms with Crippen LogP contribution in [-0.4, -0.2) is 34.3 Å². The van der Waals surface area contributed by atoms with E-state index in [9.17, 15) is 14.1 Å². The van der Waals surface area contributed by atoms with E-state index in [4.69, 9.17) is 0 Å². The highest BCUT2D eigenvalue weighted by Crippen LogP contribution is 1.97. The van der Waals surface area contributed by atoms with Crippen LogP contribution in [0.5, 0.6) is 0 Å². The predicted octanol–water partition coefficient (Wildman–Crippen LogP) is -0.151. The maximum Gasteiger partial charge on any atom is 0.217 e. The Hall–Kier alpha value is -0.550. The summed E-state index contributed by atoms with van der Waals surface area (Å²) in [5, 5.41) is 2.51. The molecular formula is C8H15NO3S. The zero-order chi connectivity index (χ0) is 10.4. The fourth-order valence-corrected chi connectivity index (χ4v) is 1.47. The zero-order valence-electron chi connectivity index (χ0n) is 8.12. The highest BCUT2D eigenvalue weighted by atomic mass is 32.2. The molecule has 0 aromatic heterocycles. The minimum absolute atomic E-state index is 0.0966. The molecule has 0 aromatic carbocycles. The minimum Gasteiger partial charge on any atom is -0.617 e. The van der Waals surface area contributed by atoms with Gasteiger partial charge < -0.3 is 9.87 Å². The Balaban J connectivity index is 3.95. The fraction of sp³-hybridized carbons (Fsp3) is 0.750. The molecule has 13 heavy (non-hydrogen) atoms. The normalized spacial score (nSPS) is 14.8. The van der Waals surface area contributed by atoms with E-state index in [1.54, 1.807) is 6.26 Å². The summed E-state index contributed by atoms with van der Waals surface area (Å²) in [4.78, 5) is 21.6. The van der Waals surface area contributed by atoms with Gasteiger partial charge in [0.1, 0.15) is 5.75 Å². The van der Waals surface area contributed by atoms with Crippen molar-refractivity contribution in [2.45, 2.75) is 26.3 Å². The predicted molar refractivity (Wildman–Crippen MR) is 51.8 cm³/mol. The minimum atomic E-state index is -0.921. The Labute approximate surface area is 81.3 Å². The lowest BCUT2D eigenvalue weighted by Gasteiger charge is -2.14. The van der Waals surface area contributed by atoms with Crippen LogP contribution in [0.3, 0.4) is 0 Å². The first-order valence-corrected chi connectivity index (χ1v) is 5.73. The van der Waals surface area contributed by atoms with Crippen molar-refractivity contribution in [3.8, 4) is 0 Å². The van der Waals surface area contributed by atoms with Crippen molar-refractivity contribution >= 4 is 22.9 Å². The number of hydrogen-bond donors (Lipinski definition) is 1. The quantitative estimate of drug-likeness (QED) is 0.634. The van der Waals surface area contributed by atoms with Gasteiger partial charge in [-0.05, 0) is 6.92 Å². The lowest BCUT2D eigenvalue weighted by atomic mass is 10.1. The number of hydrogen-bond acceptors (Lipinski definition) is 3. The molecule has 76 valence electrons. The molecule has 0 spiro atoms. The van der Waals surface area contributed by atoms with Crippen molar-refractivity contribution in [1.29, 1.82) is 0 Å². The summed E-state index contributed by atoms with van der Waals surface area (Å²) in [6.45, 7) is 2.78. The van der Waals surface area contributed by atoms with Gasteiger partial charge in [-0.15, -0.1) is 0 Å². The molecule has 5 heteroatoms. The van der Waals surface area contributed by atoms with E-state index in [1.807, 2.05) is 0 Å². The summed E-state index contributed by atoms with van der Waals surface area (Å²) in [5.74, 6) is 0.104. The SMILES string of the molecule is CC(=O)NC(CC[S+](C)[O-])C(C)=O. The third-order valence-corrected chi connectivity index (χ3v) is 2.37. The molecule has 2 unspecified atom stereocenters. The smallest absolute Gasteiger partial charge is 0.217 e. The van der Waals surface area contributed by atoms with Crippen molar-refractivity contribution in [2.24, 2.45) is 0 Å². The molecule has 0 radical (unpaired) electrons. The van der Waals surface area contributed by atoms with Gasteiger partial charge in [0.25, 0.3) is 0 Å². The zero-order valence-corrected chi connectivity index (χ0v) is 8.94. The van der Waals surface area contributed by atoms with Gasteiger partial charge >= 0.3 is 0 Å². The second-order valence-corrected chi connectivity index (χ2v) is 4.48. The van der Waals surface area contributed by atoms with Crippen LogP contribution < -0.4 is 5.32 Å². The van der Waals surface area contributed by atoms with Crippen LogP contribution >= 0.6 is 0 Å². The number of rotatable bonds is 5. The van der Waals surface area contributed by atoms with E-state index < -0.39 is 17.2 Å². The Bertz CT molecular complexity index is 194. The molecule has 0 aliphatic carbocycles. The molecule has 4 nitrogen and oxygen atoms in total. The molecule has 2 atom stereocenters. The number of Topliss-reactive ketones (excluding diaryl/α,β-unsaturated/α-hetero) is 1. The largest absolute Gasteiger partial charge is 0.617 e. The molecule has 0 rings (SSSR count). The van der Waals surface area contributed by atoms with Crippen molar-refractivity contribution in [3.05, 3.63) is 0 Å². The van der Waals surface area contributed by atoms with E-state index >= 15 is 0 Å². The van der Waals surface area contributed by atoms with E-state index in [-0.39, 0.29) is 11.7 Å². The number of carbonyl (C=O) groups is 2. The molecule has 0 aromatic rings. The van der Waals surface area contributed by atoms with Gasteiger partial charge in [0.05, 0.1) is 12.3 Å². The molecule has 1 amide bonds. The average molecular weight is 205 g/mol. The monoisotopic (exact) mass is 205 g/mol. The molecule has 0 fully saturated rings. The second kappa shape index (κ2) is 5.99. The number of amides is 1. The topological polar surface area (TPSA) is 69.2 Å². The number of nitrogens with one attached hydrogen (secondary N) is 1. The van der Waals surface area contributed by atoms with Crippen molar-refractivity contribution < 1.29 is 14.1 Å². The van der Waals surface area contributed by atoms with Crippen LogP contribution in [0, 0.1) is 0 Å². The Kier molecular flexibility index (Phi) is 5.73. The van der Waals surface area contributed by atoms with Crippen LogP contribution in [0.1, 0.15) is 20.3 Å². The van der Waals surface area contributed by atoms with Crippen LogP contribution in [0.25, 0.3) is 0 Å². The summed E-state index contributed by atoms with van der Waals surface area (Å²) in [7, 11) is 0. The molecule has 1 N–H and O–H groups in total. The summed E-state index contributed by atoms with van der Waals surface area (Å²) in [6, 6.07) is -0.485. The van der Waals surface area contributed by atoms with Crippen molar-refractivity contribution in [2.75, 3.05) is 12.0 Å². The van der Waals surface area contributed by atoms with E-state index in [1.165, 1.54) is 13.8 Å². The van der Waals surface area contributed by atoms with Gasteiger partial charge in [-0.25, -0.2) is 0 Å². The molecule has 0 aliphatic heterocycles. The van der Waals surface area contributed by atoms with Crippen LogP contribution in [0.15, 0.2) is 0 Å². The molecule has 0 bridgehead atoms. The summed E-state index contributed by atoms with van der Waals surface area (Å²) in [6.07, 6.45) is 2.02. The third kappa shape index (κ3) is 6.60. The first-order chi connectivity index (χ1) is 5.93. The molecule has 0 aliphatic rings. The molecular weight excluding hydrogens is 190 g/mol. The average Bonchev–Trinajstić information content (AvgIpc) is 1.96. The van der Waals surface area contributed by atoms with Gasteiger partial charge in [0, 0.05) is 13.3 Å². The summed E-state index contributed by atoms with van der Waals surface area (Å²) >= 11 is -0.921.